The molecular weight excluding hydrogens is 426 g/mol. The largest absolute Gasteiger partial charge is 0.367 e. The number of anilines is 5. The lowest BCUT2D eigenvalue weighted by molar-refractivity contribution is -0.121. The van der Waals surface area contributed by atoms with Gasteiger partial charge in [0.05, 0.1) is 6.61 Å². The van der Waals surface area contributed by atoms with E-state index < -0.39 is 0 Å². The molecule has 1 heterocycles. The number of aryl methyl sites for hydroxylation is 2. The number of hydrogen-bond donors (Lipinski definition) is 3. The third-order valence-corrected chi connectivity index (χ3v) is 4.95. The number of carbonyl (C=O) groups is 1. The van der Waals surface area contributed by atoms with Crippen molar-refractivity contribution in [3.05, 3.63) is 102 Å². The Kier molecular flexibility index (Phi) is 7.47. The van der Waals surface area contributed by atoms with Gasteiger partial charge in [-0.3, -0.25) is 4.79 Å². The second kappa shape index (κ2) is 11.1. The molecule has 0 bridgehead atoms. The summed E-state index contributed by atoms with van der Waals surface area (Å²) in [6.45, 7) is 4.29. The fraction of sp³-hybridized carbons (Fsp3) is 0.148. The van der Waals surface area contributed by atoms with Gasteiger partial charge in [0.15, 0.2) is 0 Å². The Bertz CT molecular complexity index is 1230. The van der Waals surface area contributed by atoms with E-state index in [0.717, 1.165) is 16.9 Å². The Hall–Kier alpha value is -4.23. The zero-order valence-corrected chi connectivity index (χ0v) is 19.2. The fourth-order valence-corrected chi connectivity index (χ4v) is 3.30. The van der Waals surface area contributed by atoms with E-state index in [0.29, 0.717) is 29.8 Å². The number of rotatable bonds is 9. The smallest absolute Gasteiger partial charge is 0.250 e. The van der Waals surface area contributed by atoms with Gasteiger partial charge in [0.1, 0.15) is 24.1 Å². The Balaban J connectivity index is 1.31. The molecule has 0 aliphatic carbocycles. The lowest BCUT2D eigenvalue weighted by Crippen LogP contribution is -2.18. The molecule has 7 heteroatoms. The van der Waals surface area contributed by atoms with Crippen molar-refractivity contribution in [2.75, 3.05) is 22.6 Å². The number of ether oxygens (including phenoxy) is 1. The number of hydrogen-bond acceptors (Lipinski definition) is 6. The van der Waals surface area contributed by atoms with Crippen LogP contribution in [0, 0.1) is 13.8 Å². The molecule has 4 aromatic rings. The maximum absolute atomic E-state index is 12.1. The van der Waals surface area contributed by atoms with Crippen LogP contribution in [0.4, 0.5) is 28.7 Å². The molecule has 0 saturated carbocycles. The van der Waals surface area contributed by atoms with E-state index >= 15 is 0 Å². The second-order valence-electron chi connectivity index (χ2n) is 7.91. The Morgan fingerprint density at radius 1 is 0.765 bits per heavy atom. The van der Waals surface area contributed by atoms with Crippen LogP contribution in [0.5, 0.6) is 0 Å². The summed E-state index contributed by atoms with van der Waals surface area (Å²) in [6, 6.07) is 27.2. The Morgan fingerprint density at radius 3 is 1.94 bits per heavy atom. The van der Waals surface area contributed by atoms with Crippen molar-refractivity contribution in [2.24, 2.45) is 0 Å². The molecule has 0 spiro atoms. The molecular formula is C27H27N5O2. The molecule has 34 heavy (non-hydrogen) atoms. The van der Waals surface area contributed by atoms with Crippen molar-refractivity contribution in [3.8, 4) is 0 Å². The van der Waals surface area contributed by atoms with Gasteiger partial charge in [-0.1, -0.05) is 48.0 Å². The molecule has 172 valence electrons. The number of nitrogens with one attached hydrogen (secondary N) is 3. The normalized spacial score (nSPS) is 10.5. The molecule has 0 fully saturated rings. The highest BCUT2D eigenvalue weighted by Gasteiger charge is 2.06. The van der Waals surface area contributed by atoms with E-state index in [1.54, 1.807) is 0 Å². The van der Waals surface area contributed by atoms with Crippen molar-refractivity contribution in [1.29, 1.82) is 0 Å². The van der Waals surface area contributed by atoms with Crippen LogP contribution in [0.3, 0.4) is 0 Å². The molecule has 0 aliphatic heterocycles. The molecule has 0 atom stereocenters. The molecule has 1 aromatic heterocycles. The first kappa shape index (κ1) is 22.9. The molecule has 1 amide bonds. The van der Waals surface area contributed by atoms with Crippen LogP contribution in [0.1, 0.15) is 17.0 Å². The highest BCUT2D eigenvalue weighted by molar-refractivity contribution is 5.91. The maximum atomic E-state index is 12.1. The quantitative estimate of drug-likeness (QED) is 0.300. The first-order chi connectivity index (χ1) is 16.5. The van der Waals surface area contributed by atoms with Crippen LogP contribution >= 0.6 is 0 Å². The van der Waals surface area contributed by atoms with Crippen LogP contribution in [0.2, 0.25) is 0 Å². The van der Waals surface area contributed by atoms with Gasteiger partial charge in [-0.2, -0.15) is 0 Å². The zero-order chi connectivity index (χ0) is 23.8. The Labute approximate surface area is 199 Å². The lowest BCUT2D eigenvalue weighted by Gasteiger charge is -2.11. The summed E-state index contributed by atoms with van der Waals surface area (Å²) in [5.74, 6) is 1.83. The topological polar surface area (TPSA) is 88.2 Å². The first-order valence-electron chi connectivity index (χ1n) is 11.0. The van der Waals surface area contributed by atoms with Crippen molar-refractivity contribution in [3.63, 3.8) is 0 Å². The predicted molar refractivity (Wildman–Crippen MR) is 136 cm³/mol. The highest BCUT2D eigenvalue weighted by Crippen LogP contribution is 2.22. The van der Waals surface area contributed by atoms with Crippen molar-refractivity contribution >= 4 is 34.6 Å². The SMILES string of the molecule is Cc1ccc(Nc2cc(Nc3ccc(NC(=O)COCc4ccccc4)cc3)nc(C)n2)cc1. The van der Waals surface area contributed by atoms with Crippen LogP contribution in [-0.2, 0) is 16.1 Å². The van der Waals surface area contributed by atoms with Crippen LogP contribution in [0.25, 0.3) is 0 Å². The number of carbonyl (C=O) groups excluding carboxylic acids is 1. The Morgan fingerprint density at radius 2 is 1.32 bits per heavy atom. The highest BCUT2D eigenvalue weighted by atomic mass is 16.5. The minimum Gasteiger partial charge on any atom is -0.367 e. The fourth-order valence-electron chi connectivity index (χ4n) is 3.30. The van der Waals surface area contributed by atoms with Crippen molar-refractivity contribution in [2.45, 2.75) is 20.5 Å². The van der Waals surface area contributed by atoms with Gasteiger partial charge >= 0.3 is 0 Å². The number of amides is 1. The van der Waals surface area contributed by atoms with E-state index in [1.807, 2.05) is 91.9 Å². The van der Waals surface area contributed by atoms with Crippen LogP contribution in [0.15, 0.2) is 84.9 Å². The van der Waals surface area contributed by atoms with Gasteiger partial charge in [-0.05, 0) is 55.8 Å². The van der Waals surface area contributed by atoms with E-state index in [4.69, 9.17) is 4.74 Å². The summed E-state index contributed by atoms with van der Waals surface area (Å²) < 4.78 is 5.48. The minimum absolute atomic E-state index is 0.00807. The first-order valence-corrected chi connectivity index (χ1v) is 11.0. The molecule has 3 N–H and O–H groups in total. The van der Waals surface area contributed by atoms with E-state index in [-0.39, 0.29) is 12.5 Å². The zero-order valence-electron chi connectivity index (χ0n) is 19.2. The minimum atomic E-state index is -0.199. The van der Waals surface area contributed by atoms with Gasteiger partial charge in [0, 0.05) is 23.1 Å². The predicted octanol–water partition coefficient (Wildman–Crippen LogP) is 5.74. The molecule has 0 unspecified atom stereocenters. The van der Waals surface area contributed by atoms with Gasteiger partial charge in [0.25, 0.3) is 0 Å². The molecule has 0 aliphatic rings. The second-order valence-corrected chi connectivity index (χ2v) is 7.91. The maximum Gasteiger partial charge on any atom is 0.250 e. The number of aromatic nitrogens is 2. The van der Waals surface area contributed by atoms with Gasteiger partial charge in [-0.15, -0.1) is 0 Å². The summed E-state index contributed by atoms with van der Waals surface area (Å²) in [4.78, 5) is 21.1. The lowest BCUT2D eigenvalue weighted by atomic mass is 10.2. The summed E-state index contributed by atoms with van der Waals surface area (Å²) in [7, 11) is 0. The number of benzene rings is 3. The third kappa shape index (κ3) is 6.88. The summed E-state index contributed by atoms with van der Waals surface area (Å²) >= 11 is 0. The summed E-state index contributed by atoms with van der Waals surface area (Å²) in [5.41, 5.74) is 4.73. The molecule has 3 aromatic carbocycles. The van der Waals surface area contributed by atoms with E-state index in [9.17, 15) is 4.79 Å². The molecule has 0 radical (unpaired) electrons. The monoisotopic (exact) mass is 453 g/mol. The average Bonchev–Trinajstić information content (AvgIpc) is 2.82. The van der Waals surface area contributed by atoms with Crippen molar-refractivity contribution < 1.29 is 9.53 Å². The van der Waals surface area contributed by atoms with Crippen LogP contribution in [-0.4, -0.2) is 22.5 Å². The summed E-state index contributed by atoms with van der Waals surface area (Å²) in [5, 5.41) is 9.43. The van der Waals surface area contributed by atoms with Crippen LogP contribution < -0.4 is 16.0 Å². The number of nitrogens with zero attached hydrogens (tertiary/aromatic N) is 2. The van der Waals surface area contributed by atoms with Gasteiger partial charge in [0.2, 0.25) is 5.91 Å². The summed E-state index contributed by atoms with van der Waals surface area (Å²) in [6.07, 6.45) is 0. The van der Waals surface area contributed by atoms with Crippen molar-refractivity contribution in [1.82, 2.24) is 9.97 Å². The van der Waals surface area contributed by atoms with Gasteiger partial charge < -0.3 is 20.7 Å². The van der Waals surface area contributed by atoms with Gasteiger partial charge in [-0.25, -0.2) is 9.97 Å². The standard InChI is InChI=1S/C27H27N5O2/c1-19-8-10-22(11-9-19)30-25-16-26(29-20(2)28-25)31-23-12-14-24(15-13-23)32-27(33)18-34-17-21-6-4-3-5-7-21/h3-16H,17-18H2,1-2H3,(H,32,33)(H2,28,29,30,31). The average molecular weight is 454 g/mol. The van der Waals surface area contributed by atoms with E-state index in [1.165, 1.54) is 5.56 Å². The van der Waals surface area contributed by atoms with E-state index in [2.05, 4.69) is 32.8 Å². The molecule has 0 saturated heterocycles. The molecule has 7 nitrogen and oxygen atoms in total. The molecule has 4 rings (SSSR count). The third-order valence-electron chi connectivity index (χ3n) is 4.95.